The maximum Gasteiger partial charge on any atom is 0.314 e. The van der Waals surface area contributed by atoms with Crippen LogP contribution in [-0.2, 0) is 4.79 Å². The lowest BCUT2D eigenvalue weighted by atomic mass is 9.89. The molecule has 0 atom stereocenters. The fourth-order valence-corrected chi connectivity index (χ4v) is 3.38. The van der Waals surface area contributed by atoms with Gasteiger partial charge in [0, 0.05) is 18.5 Å². The summed E-state index contributed by atoms with van der Waals surface area (Å²) in [5, 5.41) is 0. The molecule has 0 spiro atoms. The van der Waals surface area contributed by atoms with Gasteiger partial charge in [-0.05, 0) is 42.7 Å². The number of allylic oxidation sites excluding steroid dienone is 1. The van der Waals surface area contributed by atoms with Crippen LogP contribution < -0.4 is 9.47 Å². The third-order valence-corrected chi connectivity index (χ3v) is 4.78. The van der Waals surface area contributed by atoms with Crippen molar-refractivity contribution in [3.05, 3.63) is 59.6 Å². The summed E-state index contributed by atoms with van der Waals surface area (Å²) in [6.45, 7) is 0. The number of fused-ring (bicyclic) bond motifs is 1. The van der Waals surface area contributed by atoms with E-state index >= 15 is 0 Å². The van der Waals surface area contributed by atoms with Crippen molar-refractivity contribution in [2.75, 3.05) is 0 Å². The Bertz CT molecular complexity index is 867. The molecule has 2 aromatic rings. The van der Waals surface area contributed by atoms with Crippen molar-refractivity contribution in [3.8, 4) is 11.5 Å². The molecule has 1 aliphatic carbocycles. The van der Waals surface area contributed by atoms with Gasteiger partial charge in [0.2, 0.25) is 5.78 Å². The second kappa shape index (κ2) is 7.12. The fourth-order valence-electron chi connectivity index (χ4n) is 3.38. The molecule has 4 rings (SSSR count). The number of hydrogen-bond acceptors (Lipinski definition) is 5. The lowest BCUT2D eigenvalue weighted by Gasteiger charge is -2.19. The summed E-state index contributed by atoms with van der Waals surface area (Å²) >= 11 is 0. The normalized spacial score (nSPS) is 18.5. The third kappa shape index (κ3) is 3.38. The van der Waals surface area contributed by atoms with Crippen molar-refractivity contribution in [1.82, 2.24) is 4.98 Å². The fraction of sp³-hybridized carbons (Fsp3) is 0.286. The molecule has 2 heterocycles. The van der Waals surface area contributed by atoms with Gasteiger partial charge in [0.05, 0.1) is 11.5 Å². The van der Waals surface area contributed by atoms with Gasteiger partial charge in [-0.25, -0.2) is 0 Å². The van der Waals surface area contributed by atoms with Crippen molar-refractivity contribution in [3.63, 3.8) is 0 Å². The molecule has 1 saturated carbocycles. The van der Waals surface area contributed by atoms with Crippen molar-refractivity contribution >= 4 is 17.8 Å². The SMILES string of the molecule is O=C1/C(=C/c2cccnc2)Oc2cc(OC(=O)C3CCCCC3)ccc21. The van der Waals surface area contributed by atoms with Gasteiger partial charge in [-0.15, -0.1) is 0 Å². The van der Waals surface area contributed by atoms with Crippen LogP contribution in [0, 0.1) is 5.92 Å². The van der Waals surface area contributed by atoms with Crippen LogP contribution in [0.5, 0.6) is 11.5 Å². The predicted molar refractivity (Wildman–Crippen MR) is 95.8 cm³/mol. The number of ether oxygens (including phenoxy) is 2. The molecular weight excluding hydrogens is 330 g/mol. The first-order valence-corrected chi connectivity index (χ1v) is 8.91. The number of Topliss-reactive ketones (excluding diaryl/α,β-unsaturated/α-hetero) is 1. The van der Waals surface area contributed by atoms with Gasteiger partial charge in [0.15, 0.2) is 5.76 Å². The van der Waals surface area contributed by atoms with E-state index in [9.17, 15) is 9.59 Å². The van der Waals surface area contributed by atoms with E-state index in [2.05, 4.69) is 4.98 Å². The number of nitrogens with zero attached hydrogens (tertiary/aromatic N) is 1. The molecule has 2 aliphatic rings. The number of benzene rings is 1. The zero-order valence-electron chi connectivity index (χ0n) is 14.3. The van der Waals surface area contributed by atoms with Gasteiger partial charge in [-0.1, -0.05) is 25.3 Å². The summed E-state index contributed by atoms with van der Waals surface area (Å²) in [6, 6.07) is 8.54. The Morgan fingerprint density at radius 1 is 1.19 bits per heavy atom. The smallest absolute Gasteiger partial charge is 0.314 e. The number of esters is 1. The number of rotatable bonds is 3. The minimum Gasteiger partial charge on any atom is -0.452 e. The van der Waals surface area contributed by atoms with E-state index in [1.54, 1.807) is 42.7 Å². The van der Waals surface area contributed by atoms with E-state index in [-0.39, 0.29) is 23.4 Å². The summed E-state index contributed by atoms with van der Waals surface area (Å²) in [7, 11) is 0. The highest BCUT2D eigenvalue weighted by molar-refractivity contribution is 6.14. The maximum atomic E-state index is 12.5. The molecule has 0 bridgehead atoms. The number of hydrogen-bond donors (Lipinski definition) is 0. The first kappa shape index (κ1) is 16.5. The Labute approximate surface area is 151 Å². The average molecular weight is 349 g/mol. The van der Waals surface area contributed by atoms with E-state index in [1.807, 2.05) is 6.07 Å². The van der Waals surface area contributed by atoms with Crippen LogP contribution in [0.4, 0.5) is 0 Å². The van der Waals surface area contributed by atoms with E-state index in [0.717, 1.165) is 31.2 Å². The van der Waals surface area contributed by atoms with Crippen LogP contribution in [0.25, 0.3) is 6.08 Å². The lowest BCUT2D eigenvalue weighted by molar-refractivity contribution is -0.139. The van der Waals surface area contributed by atoms with Crippen LogP contribution in [0.1, 0.15) is 48.0 Å². The molecule has 1 aromatic heterocycles. The molecule has 26 heavy (non-hydrogen) atoms. The van der Waals surface area contributed by atoms with Crippen LogP contribution in [0.3, 0.4) is 0 Å². The molecule has 1 fully saturated rings. The highest BCUT2D eigenvalue weighted by Crippen LogP contribution is 2.35. The quantitative estimate of drug-likeness (QED) is 0.472. The monoisotopic (exact) mass is 349 g/mol. The first-order chi connectivity index (χ1) is 12.7. The molecule has 1 aromatic carbocycles. The first-order valence-electron chi connectivity index (χ1n) is 8.91. The topological polar surface area (TPSA) is 65.5 Å². The number of carbonyl (C=O) groups is 2. The van der Waals surface area contributed by atoms with Crippen molar-refractivity contribution < 1.29 is 19.1 Å². The predicted octanol–water partition coefficient (Wildman–Crippen LogP) is 4.18. The zero-order valence-corrected chi connectivity index (χ0v) is 14.3. The van der Waals surface area contributed by atoms with Crippen LogP contribution in [0.2, 0.25) is 0 Å². The van der Waals surface area contributed by atoms with E-state index in [4.69, 9.17) is 9.47 Å². The summed E-state index contributed by atoms with van der Waals surface area (Å²) < 4.78 is 11.2. The van der Waals surface area contributed by atoms with Gasteiger partial charge < -0.3 is 9.47 Å². The van der Waals surface area contributed by atoms with Gasteiger partial charge in [-0.2, -0.15) is 0 Å². The van der Waals surface area contributed by atoms with E-state index in [1.165, 1.54) is 6.42 Å². The number of carbonyl (C=O) groups excluding carboxylic acids is 2. The van der Waals surface area contributed by atoms with Crippen molar-refractivity contribution in [1.29, 1.82) is 0 Å². The molecule has 0 N–H and O–H groups in total. The minimum atomic E-state index is -0.194. The van der Waals surface area contributed by atoms with Crippen molar-refractivity contribution in [2.24, 2.45) is 5.92 Å². The van der Waals surface area contributed by atoms with Crippen LogP contribution >= 0.6 is 0 Å². The van der Waals surface area contributed by atoms with Gasteiger partial charge in [0.1, 0.15) is 11.5 Å². The minimum absolute atomic E-state index is 0.0272. The molecule has 0 amide bonds. The summed E-state index contributed by atoms with van der Waals surface area (Å²) in [5.41, 5.74) is 1.25. The Kier molecular flexibility index (Phi) is 4.52. The van der Waals surface area contributed by atoms with Gasteiger partial charge in [-0.3, -0.25) is 14.6 Å². The maximum absolute atomic E-state index is 12.5. The lowest BCUT2D eigenvalue weighted by Crippen LogP contribution is -2.22. The number of pyridine rings is 1. The molecule has 132 valence electrons. The average Bonchev–Trinajstić information content (AvgIpc) is 2.98. The molecule has 5 heteroatoms. The van der Waals surface area contributed by atoms with E-state index < -0.39 is 0 Å². The Morgan fingerprint density at radius 2 is 2.04 bits per heavy atom. The molecule has 5 nitrogen and oxygen atoms in total. The van der Waals surface area contributed by atoms with E-state index in [0.29, 0.717) is 17.1 Å². The number of ketones is 1. The summed E-state index contributed by atoms with van der Waals surface area (Å²) in [5.74, 6) is 0.660. The molecule has 0 radical (unpaired) electrons. The largest absolute Gasteiger partial charge is 0.452 e. The molecular formula is C21H19NO4. The third-order valence-electron chi connectivity index (χ3n) is 4.78. The summed E-state index contributed by atoms with van der Waals surface area (Å²) in [4.78, 5) is 28.8. The molecule has 0 saturated heterocycles. The van der Waals surface area contributed by atoms with Gasteiger partial charge >= 0.3 is 5.97 Å². The zero-order chi connectivity index (χ0) is 17.9. The van der Waals surface area contributed by atoms with Gasteiger partial charge in [0.25, 0.3) is 0 Å². The summed E-state index contributed by atoms with van der Waals surface area (Å²) in [6.07, 6.45) is 10.1. The Morgan fingerprint density at radius 3 is 2.81 bits per heavy atom. The van der Waals surface area contributed by atoms with Crippen LogP contribution in [-0.4, -0.2) is 16.7 Å². The highest BCUT2D eigenvalue weighted by Gasteiger charge is 2.29. The standard InChI is InChI=1S/C21H19NO4/c23-20-17-9-8-16(25-21(24)15-6-2-1-3-7-15)12-18(17)26-19(20)11-14-5-4-10-22-13-14/h4-5,8-13,15H,1-3,6-7H2/b19-11-. The van der Waals surface area contributed by atoms with Crippen LogP contribution in [0.15, 0.2) is 48.5 Å². The van der Waals surface area contributed by atoms with Crippen molar-refractivity contribution in [2.45, 2.75) is 32.1 Å². The number of aromatic nitrogens is 1. The second-order valence-corrected chi connectivity index (χ2v) is 6.64. The molecule has 1 aliphatic heterocycles. The Balaban J connectivity index is 1.50. The highest BCUT2D eigenvalue weighted by atomic mass is 16.5. The molecule has 0 unspecified atom stereocenters. The second-order valence-electron chi connectivity index (χ2n) is 6.64. The Hall–Kier alpha value is -2.95.